The molecule has 0 aliphatic carbocycles. The first-order valence-electron chi connectivity index (χ1n) is 6.60. The van der Waals surface area contributed by atoms with Gasteiger partial charge in [-0.15, -0.1) is 0 Å². The molecule has 0 fully saturated rings. The lowest BCUT2D eigenvalue weighted by Gasteiger charge is -2.06. The van der Waals surface area contributed by atoms with E-state index in [9.17, 15) is 0 Å². The number of benzene rings is 1. The zero-order valence-electron chi connectivity index (χ0n) is 11.6. The van der Waals surface area contributed by atoms with Gasteiger partial charge in [0.1, 0.15) is 0 Å². The standard InChI is InChI=1S/C14H18N4OS/c1-3-8-15-14(20)16-9-12-17-13(18-19-12)11-6-4-10(2)5-7-11/h4-7H,3,8-9H2,1-2H3,(H2,15,16,20). The van der Waals surface area contributed by atoms with Gasteiger partial charge in [-0.1, -0.05) is 41.9 Å². The molecule has 5 nitrogen and oxygen atoms in total. The highest BCUT2D eigenvalue weighted by Gasteiger charge is 2.08. The van der Waals surface area contributed by atoms with Crippen molar-refractivity contribution in [3.05, 3.63) is 35.7 Å². The molecule has 106 valence electrons. The average Bonchev–Trinajstić information content (AvgIpc) is 2.92. The quantitative estimate of drug-likeness (QED) is 0.825. The summed E-state index contributed by atoms with van der Waals surface area (Å²) in [5.74, 6) is 1.11. The third kappa shape index (κ3) is 4.03. The molecular formula is C14H18N4OS. The van der Waals surface area contributed by atoms with Crippen molar-refractivity contribution >= 4 is 17.3 Å². The first-order valence-corrected chi connectivity index (χ1v) is 7.01. The van der Waals surface area contributed by atoms with E-state index in [0.29, 0.717) is 23.4 Å². The molecule has 2 N–H and O–H groups in total. The normalized spacial score (nSPS) is 10.3. The molecule has 0 aliphatic rings. The van der Waals surface area contributed by atoms with E-state index in [1.165, 1.54) is 5.56 Å². The second-order valence-electron chi connectivity index (χ2n) is 4.49. The summed E-state index contributed by atoms with van der Waals surface area (Å²) in [7, 11) is 0. The van der Waals surface area contributed by atoms with E-state index in [0.717, 1.165) is 18.5 Å². The number of rotatable bonds is 5. The molecule has 1 aromatic carbocycles. The Bertz CT molecular complexity index is 565. The van der Waals surface area contributed by atoms with Gasteiger partial charge in [-0.05, 0) is 25.6 Å². The van der Waals surface area contributed by atoms with Crippen molar-refractivity contribution < 1.29 is 4.52 Å². The van der Waals surface area contributed by atoms with Gasteiger partial charge < -0.3 is 15.2 Å². The van der Waals surface area contributed by atoms with Crippen molar-refractivity contribution in [1.82, 2.24) is 20.8 Å². The number of thiocarbonyl (C=S) groups is 1. The smallest absolute Gasteiger partial charge is 0.246 e. The van der Waals surface area contributed by atoms with Crippen LogP contribution in [-0.4, -0.2) is 21.8 Å². The number of aromatic nitrogens is 2. The van der Waals surface area contributed by atoms with Crippen molar-refractivity contribution in [3.63, 3.8) is 0 Å². The van der Waals surface area contributed by atoms with Gasteiger partial charge in [0.15, 0.2) is 5.11 Å². The molecule has 1 heterocycles. The number of hydrogen-bond donors (Lipinski definition) is 2. The third-order valence-electron chi connectivity index (χ3n) is 2.71. The Hall–Kier alpha value is -1.95. The van der Waals surface area contributed by atoms with Gasteiger partial charge in [-0.25, -0.2) is 0 Å². The monoisotopic (exact) mass is 290 g/mol. The molecule has 6 heteroatoms. The van der Waals surface area contributed by atoms with Gasteiger partial charge >= 0.3 is 0 Å². The van der Waals surface area contributed by atoms with Gasteiger partial charge in [0.25, 0.3) is 0 Å². The van der Waals surface area contributed by atoms with Crippen LogP contribution in [0.25, 0.3) is 11.4 Å². The molecule has 20 heavy (non-hydrogen) atoms. The van der Waals surface area contributed by atoms with Crippen molar-refractivity contribution in [2.45, 2.75) is 26.8 Å². The number of aryl methyl sites for hydroxylation is 1. The molecule has 0 amide bonds. The first-order chi connectivity index (χ1) is 9.69. The Morgan fingerprint density at radius 1 is 1.25 bits per heavy atom. The molecule has 2 rings (SSSR count). The maximum atomic E-state index is 5.19. The fraction of sp³-hybridized carbons (Fsp3) is 0.357. The highest BCUT2D eigenvalue weighted by Crippen LogP contribution is 2.16. The number of nitrogens with one attached hydrogen (secondary N) is 2. The molecule has 0 saturated carbocycles. The van der Waals surface area contributed by atoms with Crippen LogP contribution in [0.4, 0.5) is 0 Å². The summed E-state index contributed by atoms with van der Waals surface area (Å²) in [4.78, 5) is 4.33. The minimum absolute atomic E-state index is 0.425. The van der Waals surface area contributed by atoms with E-state index in [2.05, 4.69) is 27.7 Å². The van der Waals surface area contributed by atoms with E-state index in [-0.39, 0.29) is 0 Å². The van der Waals surface area contributed by atoms with Crippen LogP contribution >= 0.6 is 12.2 Å². The summed E-state index contributed by atoms with van der Waals surface area (Å²) in [6.07, 6.45) is 1.03. The Balaban J connectivity index is 1.92. The highest BCUT2D eigenvalue weighted by atomic mass is 32.1. The van der Waals surface area contributed by atoms with Crippen LogP contribution in [0.15, 0.2) is 28.8 Å². The molecule has 0 aliphatic heterocycles. The maximum Gasteiger partial charge on any atom is 0.246 e. The fourth-order valence-electron chi connectivity index (χ4n) is 1.60. The second kappa shape index (κ2) is 7.00. The van der Waals surface area contributed by atoms with Crippen LogP contribution in [0.2, 0.25) is 0 Å². The van der Waals surface area contributed by atoms with Crippen LogP contribution in [0.1, 0.15) is 24.8 Å². The van der Waals surface area contributed by atoms with Gasteiger partial charge in [0.2, 0.25) is 11.7 Å². The van der Waals surface area contributed by atoms with E-state index >= 15 is 0 Å². The number of hydrogen-bond acceptors (Lipinski definition) is 4. The van der Waals surface area contributed by atoms with Crippen LogP contribution in [0, 0.1) is 6.92 Å². The number of nitrogens with zero attached hydrogens (tertiary/aromatic N) is 2. The first kappa shape index (κ1) is 14.5. The minimum Gasteiger partial charge on any atom is -0.363 e. The van der Waals surface area contributed by atoms with E-state index in [1.807, 2.05) is 31.2 Å². The van der Waals surface area contributed by atoms with Crippen molar-refractivity contribution in [3.8, 4) is 11.4 Å². The molecule has 0 bridgehead atoms. The van der Waals surface area contributed by atoms with Gasteiger partial charge in [-0.2, -0.15) is 4.98 Å². The molecule has 1 aromatic heterocycles. The Kier molecular flexibility index (Phi) is 5.06. The lowest BCUT2D eigenvalue weighted by atomic mass is 10.1. The van der Waals surface area contributed by atoms with Crippen molar-refractivity contribution in [2.75, 3.05) is 6.54 Å². The van der Waals surface area contributed by atoms with Gasteiger partial charge in [0, 0.05) is 12.1 Å². The zero-order chi connectivity index (χ0) is 14.4. The predicted molar refractivity (Wildman–Crippen MR) is 82.2 cm³/mol. The van der Waals surface area contributed by atoms with E-state index < -0.39 is 0 Å². The molecule has 0 spiro atoms. The molecule has 2 aromatic rings. The molecule has 0 saturated heterocycles. The van der Waals surface area contributed by atoms with Crippen LogP contribution in [0.5, 0.6) is 0 Å². The Labute approximate surface area is 123 Å². The largest absolute Gasteiger partial charge is 0.363 e. The topological polar surface area (TPSA) is 63.0 Å². The fourth-order valence-corrected chi connectivity index (χ4v) is 1.78. The molecule has 0 radical (unpaired) electrons. The minimum atomic E-state index is 0.425. The van der Waals surface area contributed by atoms with E-state index in [1.54, 1.807) is 0 Å². The molecular weight excluding hydrogens is 272 g/mol. The highest BCUT2D eigenvalue weighted by molar-refractivity contribution is 7.80. The van der Waals surface area contributed by atoms with Crippen LogP contribution < -0.4 is 10.6 Å². The summed E-state index contributed by atoms with van der Waals surface area (Å²) in [6, 6.07) is 8.00. The zero-order valence-corrected chi connectivity index (χ0v) is 12.5. The summed E-state index contributed by atoms with van der Waals surface area (Å²) >= 11 is 5.12. The predicted octanol–water partition coefficient (Wildman–Crippen LogP) is 2.42. The summed E-state index contributed by atoms with van der Waals surface area (Å²) < 4.78 is 5.19. The van der Waals surface area contributed by atoms with Crippen molar-refractivity contribution in [1.29, 1.82) is 0 Å². The summed E-state index contributed by atoms with van der Waals surface area (Å²) in [5.41, 5.74) is 2.14. The average molecular weight is 290 g/mol. The Morgan fingerprint density at radius 2 is 2.00 bits per heavy atom. The van der Waals surface area contributed by atoms with Crippen LogP contribution in [-0.2, 0) is 6.54 Å². The third-order valence-corrected chi connectivity index (χ3v) is 3.00. The maximum absolute atomic E-state index is 5.19. The SMILES string of the molecule is CCCNC(=S)NCc1nc(-c2ccc(C)cc2)no1. The lowest BCUT2D eigenvalue weighted by Crippen LogP contribution is -2.35. The summed E-state index contributed by atoms with van der Waals surface area (Å²) in [6.45, 7) is 5.40. The lowest BCUT2D eigenvalue weighted by molar-refractivity contribution is 0.375. The van der Waals surface area contributed by atoms with Crippen LogP contribution in [0.3, 0.4) is 0 Å². The Morgan fingerprint density at radius 3 is 2.70 bits per heavy atom. The molecule has 0 unspecified atom stereocenters. The second-order valence-corrected chi connectivity index (χ2v) is 4.90. The molecule has 0 atom stereocenters. The van der Waals surface area contributed by atoms with Gasteiger partial charge in [-0.3, -0.25) is 0 Å². The summed E-state index contributed by atoms with van der Waals surface area (Å²) in [5, 5.41) is 10.7. The van der Waals surface area contributed by atoms with Gasteiger partial charge in [0.05, 0.1) is 6.54 Å². The van der Waals surface area contributed by atoms with Crippen molar-refractivity contribution in [2.24, 2.45) is 0 Å². The van der Waals surface area contributed by atoms with E-state index in [4.69, 9.17) is 16.7 Å².